The van der Waals surface area contributed by atoms with Crippen molar-refractivity contribution in [2.45, 2.75) is 26.9 Å². The van der Waals surface area contributed by atoms with Crippen LogP contribution in [-0.2, 0) is 0 Å². The molecule has 1 fully saturated rings. The highest BCUT2D eigenvalue weighted by atomic mass is 16.5. The maximum atomic E-state index is 10.6. The lowest BCUT2D eigenvalue weighted by molar-refractivity contribution is 0.0728. The summed E-state index contributed by atoms with van der Waals surface area (Å²) >= 11 is 0. The molecule has 1 N–H and O–H groups in total. The van der Waals surface area contributed by atoms with E-state index in [1.165, 1.54) is 0 Å². The third-order valence-corrected chi connectivity index (χ3v) is 4.17. The SMILES string of the molecule is CCOc1ccc(C)cc1C(O)CN1CCN(CC)CC1. The minimum absolute atomic E-state index is 0.486. The van der Waals surface area contributed by atoms with Gasteiger partial charge in [-0.25, -0.2) is 0 Å². The predicted molar refractivity (Wildman–Crippen MR) is 85.9 cm³/mol. The average Bonchev–Trinajstić information content (AvgIpc) is 2.50. The Morgan fingerprint density at radius 3 is 2.43 bits per heavy atom. The lowest BCUT2D eigenvalue weighted by Gasteiger charge is -2.35. The van der Waals surface area contributed by atoms with Gasteiger partial charge in [0.1, 0.15) is 5.75 Å². The van der Waals surface area contributed by atoms with Gasteiger partial charge in [-0.15, -0.1) is 0 Å². The van der Waals surface area contributed by atoms with E-state index in [9.17, 15) is 5.11 Å². The molecule has 0 aliphatic carbocycles. The Labute approximate surface area is 128 Å². The summed E-state index contributed by atoms with van der Waals surface area (Å²) in [5.41, 5.74) is 2.07. The van der Waals surface area contributed by atoms with Crippen molar-refractivity contribution in [3.63, 3.8) is 0 Å². The molecule has 0 radical (unpaired) electrons. The summed E-state index contributed by atoms with van der Waals surface area (Å²) < 4.78 is 5.65. The van der Waals surface area contributed by atoms with Crippen LogP contribution in [0.3, 0.4) is 0 Å². The molecule has 0 amide bonds. The van der Waals surface area contributed by atoms with Gasteiger partial charge in [-0.1, -0.05) is 18.6 Å². The maximum absolute atomic E-state index is 10.6. The summed E-state index contributed by atoms with van der Waals surface area (Å²) in [6.45, 7) is 12.9. The zero-order valence-corrected chi connectivity index (χ0v) is 13.5. The zero-order chi connectivity index (χ0) is 15.2. The number of piperazine rings is 1. The summed E-state index contributed by atoms with van der Waals surface area (Å²) in [7, 11) is 0. The van der Waals surface area contributed by atoms with E-state index >= 15 is 0 Å². The minimum atomic E-state index is -0.486. The minimum Gasteiger partial charge on any atom is -0.493 e. The molecule has 0 aromatic heterocycles. The number of ether oxygens (including phenoxy) is 1. The number of nitrogens with zero attached hydrogens (tertiary/aromatic N) is 2. The van der Waals surface area contributed by atoms with Crippen molar-refractivity contribution in [1.29, 1.82) is 0 Å². The monoisotopic (exact) mass is 292 g/mol. The molecular weight excluding hydrogens is 264 g/mol. The van der Waals surface area contributed by atoms with Crippen molar-refractivity contribution in [2.75, 3.05) is 45.9 Å². The zero-order valence-electron chi connectivity index (χ0n) is 13.5. The van der Waals surface area contributed by atoms with E-state index in [2.05, 4.69) is 16.7 Å². The molecule has 1 aromatic rings. The number of hydrogen-bond donors (Lipinski definition) is 1. The fraction of sp³-hybridized carbons (Fsp3) is 0.647. The van der Waals surface area contributed by atoms with Gasteiger partial charge in [0.15, 0.2) is 0 Å². The molecule has 0 spiro atoms. The Bertz CT molecular complexity index is 442. The van der Waals surface area contributed by atoms with Gasteiger partial charge in [0.25, 0.3) is 0 Å². The van der Waals surface area contributed by atoms with Crippen LogP contribution in [0.1, 0.15) is 31.1 Å². The largest absolute Gasteiger partial charge is 0.493 e. The van der Waals surface area contributed by atoms with Crippen LogP contribution < -0.4 is 4.74 Å². The Kier molecular flexibility index (Phi) is 6.03. The topological polar surface area (TPSA) is 35.9 Å². The number of aliphatic hydroxyl groups is 1. The molecule has 1 unspecified atom stereocenters. The van der Waals surface area contributed by atoms with Gasteiger partial charge in [0.05, 0.1) is 12.7 Å². The van der Waals surface area contributed by atoms with Crippen LogP contribution in [0, 0.1) is 6.92 Å². The van der Waals surface area contributed by atoms with E-state index in [-0.39, 0.29) is 0 Å². The van der Waals surface area contributed by atoms with Crippen molar-refractivity contribution in [2.24, 2.45) is 0 Å². The first-order valence-electron chi connectivity index (χ1n) is 8.00. The molecule has 0 saturated carbocycles. The van der Waals surface area contributed by atoms with Gasteiger partial charge < -0.3 is 14.7 Å². The molecule has 21 heavy (non-hydrogen) atoms. The first-order valence-corrected chi connectivity index (χ1v) is 8.00. The van der Waals surface area contributed by atoms with Gasteiger partial charge in [0, 0.05) is 38.3 Å². The summed E-state index contributed by atoms with van der Waals surface area (Å²) in [6, 6.07) is 6.03. The second-order valence-corrected chi connectivity index (χ2v) is 5.72. The molecule has 1 atom stereocenters. The van der Waals surface area contributed by atoms with Crippen LogP contribution in [0.25, 0.3) is 0 Å². The number of β-amino-alcohol motifs (C(OH)–C–C–N with tert-alkyl or cyclic N) is 1. The molecule has 1 aliphatic heterocycles. The maximum Gasteiger partial charge on any atom is 0.125 e. The van der Waals surface area contributed by atoms with Gasteiger partial charge in [-0.2, -0.15) is 0 Å². The van der Waals surface area contributed by atoms with Crippen LogP contribution in [0.15, 0.2) is 18.2 Å². The average molecular weight is 292 g/mol. The molecule has 118 valence electrons. The Morgan fingerprint density at radius 2 is 1.81 bits per heavy atom. The second-order valence-electron chi connectivity index (χ2n) is 5.72. The summed E-state index contributed by atoms with van der Waals surface area (Å²) in [4.78, 5) is 4.79. The second kappa shape index (κ2) is 7.78. The molecule has 1 saturated heterocycles. The van der Waals surface area contributed by atoms with Crippen LogP contribution in [-0.4, -0.2) is 60.8 Å². The quantitative estimate of drug-likeness (QED) is 0.871. The number of hydrogen-bond acceptors (Lipinski definition) is 4. The first kappa shape index (κ1) is 16.3. The molecule has 1 aromatic carbocycles. The van der Waals surface area contributed by atoms with Gasteiger partial charge >= 0.3 is 0 Å². The normalized spacial score (nSPS) is 18.7. The number of aryl methyl sites for hydroxylation is 1. The molecule has 4 nitrogen and oxygen atoms in total. The van der Waals surface area contributed by atoms with Gasteiger partial charge in [0.2, 0.25) is 0 Å². The smallest absolute Gasteiger partial charge is 0.125 e. The molecular formula is C17H28N2O2. The molecule has 1 heterocycles. The number of rotatable bonds is 6. The van der Waals surface area contributed by atoms with Crippen molar-refractivity contribution in [1.82, 2.24) is 9.80 Å². The van der Waals surface area contributed by atoms with Gasteiger partial charge in [-0.05, 0) is 32.5 Å². The lowest BCUT2D eigenvalue weighted by Crippen LogP contribution is -2.47. The number of likely N-dealkylation sites (N-methyl/N-ethyl adjacent to an activating group) is 1. The standard InChI is InChI=1S/C17H28N2O2/c1-4-18-8-10-19(11-9-18)13-16(20)15-12-14(3)6-7-17(15)21-5-2/h6-7,12,16,20H,4-5,8-11,13H2,1-3H3. The van der Waals surface area contributed by atoms with E-state index in [0.717, 1.165) is 49.6 Å². The van der Waals surface area contributed by atoms with Crippen LogP contribution >= 0.6 is 0 Å². The van der Waals surface area contributed by atoms with Crippen LogP contribution in [0.4, 0.5) is 0 Å². The molecule has 1 aliphatic rings. The van der Waals surface area contributed by atoms with Crippen LogP contribution in [0.2, 0.25) is 0 Å². The first-order chi connectivity index (χ1) is 10.1. The van der Waals surface area contributed by atoms with Crippen molar-refractivity contribution >= 4 is 0 Å². The molecule has 0 bridgehead atoms. The van der Waals surface area contributed by atoms with Crippen molar-refractivity contribution in [3.05, 3.63) is 29.3 Å². The van der Waals surface area contributed by atoms with E-state index in [0.29, 0.717) is 13.2 Å². The third-order valence-electron chi connectivity index (χ3n) is 4.17. The lowest BCUT2D eigenvalue weighted by atomic mass is 10.0. The van der Waals surface area contributed by atoms with E-state index in [4.69, 9.17) is 4.74 Å². The number of benzene rings is 1. The third kappa shape index (κ3) is 4.43. The van der Waals surface area contributed by atoms with E-state index < -0.39 is 6.10 Å². The Morgan fingerprint density at radius 1 is 1.14 bits per heavy atom. The highest BCUT2D eigenvalue weighted by Crippen LogP contribution is 2.27. The highest BCUT2D eigenvalue weighted by molar-refractivity contribution is 5.38. The summed E-state index contributed by atoms with van der Waals surface area (Å²) in [5, 5.41) is 10.6. The molecule has 4 heteroatoms. The van der Waals surface area contributed by atoms with E-state index in [1.807, 2.05) is 32.0 Å². The Hall–Kier alpha value is -1.10. The number of aliphatic hydroxyl groups excluding tert-OH is 1. The van der Waals surface area contributed by atoms with Crippen LogP contribution in [0.5, 0.6) is 5.75 Å². The highest BCUT2D eigenvalue weighted by Gasteiger charge is 2.21. The predicted octanol–water partition coefficient (Wildman–Crippen LogP) is 2.06. The Balaban J connectivity index is 1.99. The fourth-order valence-electron chi connectivity index (χ4n) is 2.85. The summed E-state index contributed by atoms with van der Waals surface area (Å²) in [6.07, 6.45) is -0.486. The fourth-order valence-corrected chi connectivity index (χ4v) is 2.85. The van der Waals surface area contributed by atoms with Gasteiger partial charge in [-0.3, -0.25) is 4.90 Å². The van der Waals surface area contributed by atoms with Crippen molar-refractivity contribution in [3.8, 4) is 5.75 Å². The van der Waals surface area contributed by atoms with Crippen molar-refractivity contribution < 1.29 is 9.84 Å². The summed E-state index contributed by atoms with van der Waals surface area (Å²) in [5.74, 6) is 0.808. The van der Waals surface area contributed by atoms with E-state index in [1.54, 1.807) is 0 Å². The molecule has 2 rings (SSSR count).